The van der Waals surface area contributed by atoms with Crippen molar-refractivity contribution in [3.8, 4) is 5.75 Å². The fourth-order valence-corrected chi connectivity index (χ4v) is 7.56. The highest BCUT2D eigenvalue weighted by atomic mass is 16.4. The summed E-state index contributed by atoms with van der Waals surface area (Å²) in [6, 6.07) is 15.1. The van der Waals surface area contributed by atoms with Crippen molar-refractivity contribution >= 4 is 5.97 Å². The number of allylic oxidation sites excluding steroid dienone is 2. The van der Waals surface area contributed by atoms with Crippen molar-refractivity contribution in [3.05, 3.63) is 88.5 Å². The number of aliphatic carboxylic acids is 1. The highest BCUT2D eigenvalue weighted by Gasteiger charge is 2.32. The summed E-state index contributed by atoms with van der Waals surface area (Å²) in [4.78, 5) is 11.5. The first-order valence-electron chi connectivity index (χ1n) is 19.6. The monoisotopic (exact) mass is 722 g/mol. The molecule has 0 heterocycles. The smallest absolute Gasteiger partial charge is 0.303 e. The van der Waals surface area contributed by atoms with Gasteiger partial charge in [-0.3, -0.25) is 4.79 Å². The number of rotatable bonds is 22. The first kappa shape index (κ1) is 43.4. The average Bonchev–Trinajstić information content (AvgIpc) is 3.11. The van der Waals surface area contributed by atoms with Crippen molar-refractivity contribution in [1.82, 2.24) is 10.6 Å². The standard InChI is InChI=1S/C43H66N2O7/c1-4-6-7-12-37(47)25-20-34-17-15-32-10-8-9-11-33(32)16-18-35(19-21-36(44-5-2)22-26-41(50)51)42(40(34)27-39(49)29-46)45-30-43(3,52)28-31-13-23-38(48)24-14-31/h8-11,13-14,20,23-25,35-37,39,42,44-49,52H,4-7,12,15-19,21-22,26-30H2,1-3H3,(H,50,51)/t35-,36-,37+,39+,42-,43+/m1/s1. The van der Waals surface area contributed by atoms with E-state index in [1.54, 1.807) is 19.1 Å². The molecule has 0 aliphatic heterocycles. The fourth-order valence-electron chi connectivity index (χ4n) is 7.56. The van der Waals surface area contributed by atoms with Crippen LogP contribution in [-0.4, -0.2) is 86.2 Å². The normalized spacial score (nSPS) is 19.9. The van der Waals surface area contributed by atoms with Crippen LogP contribution in [-0.2, 0) is 24.1 Å². The number of unbranched alkanes of at least 4 members (excludes halogenated alkanes) is 2. The predicted molar refractivity (Wildman–Crippen MR) is 208 cm³/mol. The third-order valence-corrected chi connectivity index (χ3v) is 10.4. The molecule has 52 heavy (non-hydrogen) atoms. The summed E-state index contributed by atoms with van der Waals surface area (Å²) in [5, 5.41) is 70.4. The minimum absolute atomic E-state index is 0.0233. The Labute approximate surface area is 311 Å². The number of aliphatic hydroxyl groups excluding tert-OH is 3. The Kier molecular flexibility index (Phi) is 19.1. The molecule has 290 valence electrons. The molecule has 9 nitrogen and oxygen atoms in total. The molecule has 0 unspecified atom stereocenters. The van der Waals surface area contributed by atoms with Gasteiger partial charge in [0.25, 0.3) is 0 Å². The number of carboxylic acids is 1. The second kappa shape index (κ2) is 22.9. The van der Waals surface area contributed by atoms with E-state index >= 15 is 0 Å². The Morgan fingerprint density at radius 2 is 1.69 bits per heavy atom. The van der Waals surface area contributed by atoms with Gasteiger partial charge in [-0.2, -0.15) is 0 Å². The molecule has 6 atom stereocenters. The van der Waals surface area contributed by atoms with E-state index in [0.29, 0.717) is 25.7 Å². The van der Waals surface area contributed by atoms with Crippen LogP contribution in [0.15, 0.2) is 71.8 Å². The summed E-state index contributed by atoms with van der Waals surface area (Å²) in [5.74, 6) is -0.606. The van der Waals surface area contributed by atoms with Gasteiger partial charge >= 0.3 is 5.97 Å². The maximum Gasteiger partial charge on any atom is 0.303 e. The molecule has 2 aromatic carbocycles. The van der Waals surface area contributed by atoms with E-state index in [0.717, 1.165) is 74.6 Å². The summed E-state index contributed by atoms with van der Waals surface area (Å²) in [6.45, 7) is 6.55. The molecule has 1 aliphatic carbocycles. The summed E-state index contributed by atoms with van der Waals surface area (Å²) in [6.07, 6.45) is 11.9. The predicted octanol–water partition coefficient (Wildman–Crippen LogP) is 6.00. The Balaban J connectivity index is 2.12. The number of aryl methyl sites for hydroxylation is 2. The second-order valence-electron chi connectivity index (χ2n) is 15.0. The molecule has 0 radical (unpaired) electrons. The lowest BCUT2D eigenvalue weighted by Gasteiger charge is -2.37. The number of phenolic OH excluding ortho intramolecular Hbond substituents is 1. The molecule has 0 aromatic heterocycles. The van der Waals surface area contributed by atoms with Gasteiger partial charge in [0.05, 0.1) is 24.4 Å². The Morgan fingerprint density at radius 1 is 0.981 bits per heavy atom. The number of carboxylic acid groups (broad SMARTS) is 1. The van der Waals surface area contributed by atoms with Crippen LogP contribution < -0.4 is 10.6 Å². The van der Waals surface area contributed by atoms with Crippen molar-refractivity contribution < 1.29 is 35.4 Å². The maximum atomic E-state index is 11.7. The highest BCUT2D eigenvalue weighted by molar-refractivity contribution is 5.66. The van der Waals surface area contributed by atoms with Crippen LogP contribution >= 0.6 is 0 Å². The van der Waals surface area contributed by atoms with Crippen LogP contribution in [0.3, 0.4) is 0 Å². The molecule has 0 fully saturated rings. The fraction of sp³-hybridized carbons (Fsp3) is 0.605. The molecule has 2 aromatic rings. The number of fused-ring (bicyclic) bond motifs is 1. The zero-order chi connectivity index (χ0) is 37.9. The van der Waals surface area contributed by atoms with E-state index in [9.17, 15) is 35.4 Å². The lowest BCUT2D eigenvalue weighted by Crippen LogP contribution is -2.48. The second-order valence-corrected chi connectivity index (χ2v) is 15.0. The van der Waals surface area contributed by atoms with Gasteiger partial charge < -0.3 is 41.3 Å². The molecule has 1 aliphatic rings. The van der Waals surface area contributed by atoms with Gasteiger partial charge in [0.1, 0.15) is 5.75 Å². The number of hydrogen-bond donors (Lipinski definition) is 8. The molecule has 0 bridgehead atoms. The molecule has 0 amide bonds. The van der Waals surface area contributed by atoms with E-state index in [2.05, 4.69) is 41.8 Å². The molecule has 0 spiro atoms. The molecular weight excluding hydrogens is 656 g/mol. The van der Waals surface area contributed by atoms with Gasteiger partial charge in [-0.25, -0.2) is 0 Å². The SMILES string of the molecule is CCCCC[C@H](O)C=CC1=C(C[C@H](O)CO)[C@H](NC[C@@](C)(O)Cc2ccc(O)cc2)[C@@H](CC[C@H](CCC(=O)O)NCC)CCc2ccccc2CC1. The number of hydrogen-bond acceptors (Lipinski definition) is 8. The number of phenols is 1. The molecular formula is C43H66N2O7. The van der Waals surface area contributed by atoms with E-state index in [1.807, 2.05) is 31.2 Å². The van der Waals surface area contributed by atoms with Gasteiger partial charge in [0, 0.05) is 31.5 Å². The first-order valence-corrected chi connectivity index (χ1v) is 19.6. The van der Waals surface area contributed by atoms with Gasteiger partial charge in [-0.15, -0.1) is 0 Å². The van der Waals surface area contributed by atoms with Crippen molar-refractivity contribution in [1.29, 1.82) is 0 Å². The van der Waals surface area contributed by atoms with Crippen molar-refractivity contribution in [2.24, 2.45) is 5.92 Å². The van der Waals surface area contributed by atoms with Crippen LogP contribution in [0.2, 0.25) is 0 Å². The summed E-state index contributed by atoms with van der Waals surface area (Å²) in [5.41, 5.74) is 4.28. The Bertz CT molecular complexity index is 1390. The average molecular weight is 723 g/mol. The van der Waals surface area contributed by atoms with E-state index in [4.69, 9.17) is 0 Å². The van der Waals surface area contributed by atoms with Crippen LogP contribution in [0.25, 0.3) is 0 Å². The summed E-state index contributed by atoms with van der Waals surface area (Å²) < 4.78 is 0. The molecule has 8 N–H and O–H groups in total. The van der Waals surface area contributed by atoms with Gasteiger partial charge in [-0.1, -0.05) is 81.7 Å². The molecule has 3 rings (SSSR count). The largest absolute Gasteiger partial charge is 0.508 e. The number of nitrogens with one attached hydrogen (secondary N) is 2. The van der Waals surface area contributed by atoms with E-state index < -0.39 is 30.4 Å². The minimum atomic E-state index is -1.15. The third kappa shape index (κ3) is 15.5. The zero-order valence-electron chi connectivity index (χ0n) is 31.8. The topological polar surface area (TPSA) is 163 Å². The number of benzene rings is 2. The number of aromatic hydroxyl groups is 1. The van der Waals surface area contributed by atoms with Gasteiger partial charge in [0.15, 0.2) is 0 Å². The Hall–Kier alpha value is -3.05. The van der Waals surface area contributed by atoms with E-state index in [-0.39, 0.29) is 43.1 Å². The minimum Gasteiger partial charge on any atom is -0.508 e. The van der Waals surface area contributed by atoms with Crippen LogP contribution in [0.5, 0.6) is 5.75 Å². The van der Waals surface area contributed by atoms with Gasteiger partial charge in [-0.05, 0) is 117 Å². The van der Waals surface area contributed by atoms with Crippen LogP contribution in [0.1, 0.15) is 108 Å². The summed E-state index contributed by atoms with van der Waals surface area (Å²) >= 11 is 0. The number of aliphatic hydroxyl groups is 4. The molecule has 0 saturated heterocycles. The van der Waals surface area contributed by atoms with Crippen molar-refractivity contribution in [2.75, 3.05) is 19.7 Å². The maximum absolute atomic E-state index is 11.7. The summed E-state index contributed by atoms with van der Waals surface area (Å²) in [7, 11) is 0. The molecule has 0 saturated carbocycles. The number of carbonyl (C=O) groups is 1. The third-order valence-electron chi connectivity index (χ3n) is 10.4. The van der Waals surface area contributed by atoms with Crippen LogP contribution in [0, 0.1) is 5.92 Å². The quantitative estimate of drug-likeness (QED) is 0.0682. The lowest BCUT2D eigenvalue weighted by molar-refractivity contribution is -0.137. The molecule has 9 heteroatoms. The highest BCUT2D eigenvalue weighted by Crippen LogP contribution is 2.34. The van der Waals surface area contributed by atoms with Crippen molar-refractivity contribution in [3.63, 3.8) is 0 Å². The van der Waals surface area contributed by atoms with Gasteiger partial charge in [0.2, 0.25) is 0 Å². The first-order chi connectivity index (χ1) is 24.9. The van der Waals surface area contributed by atoms with E-state index in [1.165, 1.54) is 11.1 Å². The Morgan fingerprint density at radius 3 is 2.35 bits per heavy atom. The van der Waals surface area contributed by atoms with Crippen molar-refractivity contribution in [2.45, 2.75) is 141 Å². The lowest BCUT2D eigenvalue weighted by atomic mass is 9.77. The van der Waals surface area contributed by atoms with Crippen LogP contribution in [0.4, 0.5) is 0 Å². The zero-order valence-corrected chi connectivity index (χ0v) is 31.8.